The van der Waals surface area contributed by atoms with Crippen molar-refractivity contribution in [2.24, 2.45) is 0 Å². The van der Waals surface area contributed by atoms with Gasteiger partial charge in [0.2, 0.25) is 0 Å². The van der Waals surface area contributed by atoms with E-state index in [1.54, 1.807) is 11.4 Å². The maximum absolute atomic E-state index is 12.0. The Morgan fingerprint density at radius 2 is 2.39 bits per heavy atom. The minimum atomic E-state index is -0.942. The second kappa shape index (κ2) is 6.64. The average molecular weight is 332 g/mol. The van der Waals surface area contributed by atoms with E-state index >= 15 is 0 Å². The zero-order valence-electron chi connectivity index (χ0n) is 13.0. The first-order valence-corrected chi connectivity index (χ1v) is 8.56. The Kier molecular flexibility index (Phi) is 4.58. The van der Waals surface area contributed by atoms with Gasteiger partial charge in [0.05, 0.1) is 5.60 Å². The van der Waals surface area contributed by atoms with E-state index < -0.39 is 5.60 Å². The second-order valence-electron chi connectivity index (χ2n) is 5.96. The van der Waals surface area contributed by atoms with Crippen molar-refractivity contribution in [1.82, 2.24) is 15.3 Å². The first-order chi connectivity index (χ1) is 11.1. The van der Waals surface area contributed by atoms with Crippen LogP contribution in [0.15, 0.2) is 29.2 Å². The van der Waals surface area contributed by atoms with E-state index in [0.29, 0.717) is 18.5 Å². The normalized spacial score (nSPS) is 21.2. The summed E-state index contributed by atoms with van der Waals surface area (Å²) in [7, 11) is 0. The summed E-state index contributed by atoms with van der Waals surface area (Å²) in [6, 6.07) is 3.69. The summed E-state index contributed by atoms with van der Waals surface area (Å²) in [4.78, 5) is 22.5. The van der Waals surface area contributed by atoms with Crippen LogP contribution in [0.4, 0.5) is 5.82 Å². The molecule has 1 saturated heterocycles. The molecule has 0 bridgehead atoms. The molecule has 3 rings (SSSR count). The van der Waals surface area contributed by atoms with E-state index in [4.69, 9.17) is 0 Å². The van der Waals surface area contributed by atoms with Gasteiger partial charge in [0.25, 0.3) is 5.91 Å². The first-order valence-electron chi connectivity index (χ1n) is 7.62. The Balaban J connectivity index is 1.63. The minimum Gasteiger partial charge on any atom is -0.386 e. The molecule has 2 aromatic heterocycles. The van der Waals surface area contributed by atoms with Crippen molar-refractivity contribution in [1.29, 1.82) is 0 Å². The van der Waals surface area contributed by atoms with Gasteiger partial charge in [-0.25, -0.2) is 9.97 Å². The molecule has 0 saturated carbocycles. The molecule has 122 valence electrons. The highest BCUT2D eigenvalue weighted by molar-refractivity contribution is 7.08. The quantitative estimate of drug-likeness (QED) is 0.889. The van der Waals surface area contributed by atoms with Crippen LogP contribution >= 0.6 is 11.3 Å². The highest BCUT2D eigenvalue weighted by Crippen LogP contribution is 2.24. The first kappa shape index (κ1) is 15.9. The molecule has 0 aliphatic carbocycles. The van der Waals surface area contributed by atoms with Gasteiger partial charge in [0.1, 0.15) is 12.1 Å². The number of piperidine rings is 1. The third-order valence-corrected chi connectivity index (χ3v) is 4.71. The van der Waals surface area contributed by atoms with Crippen LogP contribution in [0, 0.1) is 6.92 Å². The summed E-state index contributed by atoms with van der Waals surface area (Å²) in [5, 5.41) is 17.3. The number of anilines is 1. The van der Waals surface area contributed by atoms with E-state index in [0.717, 1.165) is 24.5 Å². The summed E-state index contributed by atoms with van der Waals surface area (Å²) in [5.74, 6) is 0.675. The van der Waals surface area contributed by atoms with Gasteiger partial charge in [-0.1, -0.05) is 0 Å². The lowest BCUT2D eigenvalue weighted by Crippen LogP contribution is -2.54. The fourth-order valence-electron chi connectivity index (χ4n) is 2.81. The minimum absolute atomic E-state index is 0.144. The van der Waals surface area contributed by atoms with Crippen LogP contribution in [0.25, 0.3) is 0 Å². The van der Waals surface area contributed by atoms with Gasteiger partial charge in [-0.3, -0.25) is 4.79 Å². The van der Waals surface area contributed by atoms with Crippen molar-refractivity contribution >= 4 is 23.1 Å². The molecule has 1 aliphatic heterocycles. The molecule has 1 amide bonds. The number of aliphatic hydroxyl groups is 1. The number of nitrogens with one attached hydrogen (secondary N) is 1. The molecule has 3 heterocycles. The number of aryl methyl sites for hydroxylation is 1. The lowest BCUT2D eigenvalue weighted by molar-refractivity contribution is 0.0254. The van der Waals surface area contributed by atoms with Crippen molar-refractivity contribution in [3.05, 3.63) is 40.5 Å². The van der Waals surface area contributed by atoms with Crippen molar-refractivity contribution in [2.45, 2.75) is 25.4 Å². The molecule has 0 spiro atoms. The fourth-order valence-corrected chi connectivity index (χ4v) is 3.44. The third kappa shape index (κ3) is 3.86. The number of thiophene rings is 1. The monoisotopic (exact) mass is 332 g/mol. The summed E-state index contributed by atoms with van der Waals surface area (Å²) in [5.41, 5.74) is 0.593. The maximum Gasteiger partial charge on any atom is 0.252 e. The lowest BCUT2D eigenvalue weighted by Gasteiger charge is -2.39. The van der Waals surface area contributed by atoms with Crippen LogP contribution in [-0.4, -0.2) is 46.2 Å². The highest BCUT2D eigenvalue weighted by atomic mass is 32.1. The molecular weight excluding hydrogens is 312 g/mol. The van der Waals surface area contributed by atoms with Gasteiger partial charge in [-0.05, 0) is 31.2 Å². The molecule has 0 aromatic carbocycles. The van der Waals surface area contributed by atoms with E-state index in [1.165, 1.54) is 17.7 Å². The van der Waals surface area contributed by atoms with E-state index in [2.05, 4.69) is 20.2 Å². The van der Waals surface area contributed by atoms with Gasteiger partial charge >= 0.3 is 0 Å². The molecule has 0 radical (unpaired) electrons. The van der Waals surface area contributed by atoms with Crippen LogP contribution < -0.4 is 10.2 Å². The van der Waals surface area contributed by atoms with Crippen molar-refractivity contribution in [3.8, 4) is 0 Å². The molecule has 1 atom stereocenters. The van der Waals surface area contributed by atoms with Crippen LogP contribution in [0.3, 0.4) is 0 Å². The summed E-state index contributed by atoms with van der Waals surface area (Å²) < 4.78 is 0. The number of rotatable bonds is 4. The number of hydrogen-bond acceptors (Lipinski definition) is 6. The zero-order chi connectivity index (χ0) is 16.3. The Morgan fingerprint density at radius 3 is 3.13 bits per heavy atom. The maximum atomic E-state index is 12.0. The number of β-amino-alcohol motifs (C(OH)–C–C–N with tert-alkyl or cyclic N) is 1. The Morgan fingerprint density at radius 1 is 1.52 bits per heavy atom. The Hall–Kier alpha value is -1.99. The number of aromatic nitrogens is 2. The molecule has 2 aromatic rings. The van der Waals surface area contributed by atoms with Crippen LogP contribution in [0.2, 0.25) is 0 Å². The van der Waals surface area contributed by atoms with E-state index in [1.807, 2.05) is 18.4 Å². The topological polar surface area (TPSA) is 78.4 Å². The van der Waals surface area contributed by atoms with Crippen LogP contribution in [0.1, 0.15) is 28.9 Å². The van der Waals surface area contributed by atoms with Crippen molar-refractivity contribution in [3.63, 3.8) is 0 Å². The summed E-state index contributed by atoms with van der Waals surface area (Å²) in [6.07, 6.45) is 3.06. The zero-order valence-corrected chi connectivity index (χ0v) is 13.8. The average Bonchev–Trinajstić information content (AvgIpc) is 3.07. The van der Waals surface area contributed by atoms with Gasteiger partial charge in [0.15, 0.2) is 0 Å². The smallest absolute Gasteiger partial charge is 0.252 e. The Labute approximate surface area is 139 Å². The van der Waals surface area contributed by atoms with E-state index in [9.17, 15) is 9.90 Å². The number of hydrogen-bond donors (Lipinski definition) is 2. The molecule has 7 heteroatoms. The summed E-state index contributed by atoms with van der Waals surface area (Å²) >= 11 is 1.48. The predicted molar refractivity (Wildman–Crippen MR) is 89.8 cm³/mol. The van der Waals surface area contributed by atoms with Gasteiger partial charge < -0.3 is 15.3 Å². The number of carbonyl (C=O) groups is 1. The van der Waals surface area contributed by atoms with E-state index in [-0.39, 0.29) is 12.5 Å². The largest absolute Gasteiger partial charge is 0.386 e. The SMILES string of the molecule is Cc1cc(N2CCC[C@](O)(CNC(=O)c3ccsc3)C2)ncn1. The third-order valence-electron chi connectivity index (χ3n) is 4.03. The van der Waals surface area contributed by atoms with Crippen molar-refractivity contribution < 1.29 is 9.90 Å². The standard InChI is InChI=1S/C16H20N4O2S/c1-12-7-14(19-11-18-12)20-5-2-4-16(22,10-20)9-17-15(21)13-3-6-23-8-13/h3,6-8,11,22H,2,4-5,9-10H2,1H3,(H,17,21)/t16-/m0/s1. The van der Waals surface area contributed by atoms with Crippen molar-refractivity contribution in [2.75, 3.05) is 24.5 Å². The summed E-state index contributed by atoms with van der Waals surface area (Å²) in [6.45, 7) is 3.45. The molecule has 0 unspecified atom stereocenters. The fraction of sp³-hybridized carbons (Fsp3) is 0.438. The highest BCUT2D eigenvalue weighted by Gasteiger charge is 2.34. The molecule has 1 fully saturated rings. The molecular formula is C16H20N4O2S. The van der Waals surface area contributed by atoms with Gasteiger partial charge in [-0.15, -0.1) is 0 Å². The second-order valence-corrected chi connectivity index (χ2v) is 6.74. The van der Waals surface area contributed by atoms with Gasteiger partial charge in [0, 0.05) is 42.3 Å². The molecule has 23 heavy (non-hydrogen) atoms. The molecule has 6 nitrogen and oxygen atoms in total. The number of carbonyl (C=O) groups excluding carboxylic acids is 1. The lowest BCUT2D eigenvalue weighted by atomic mass is 9.92. The molecule has 2 N–H and O–H groups in total. The van der Waals surface area contributed by atoms with Crippen LogP contribution in [-0.2, 0) is 0 Å². The van der Waals surface area contributed by atoms with Crippen LogP contribution in [0.5, 0.6) is 0 Å². The molecule has 1 aliphatic rings. The Bertz CT molecular complexity index is 676. The van der Waals surface area contributed by atoms with Gasteiger partial charge in [-0.2, -0.15) is 11.3 Å². The predicted octanol–water partition coefficient (Wildman–Crippen LogP) is 1.61. The number of amides is 1. The number of nitrogens with zero attached hydrogens (tertiary/aromatic N) is 3.